The lowest BCUT2D eigenvalue weighted by molar-refractivity contribution is 0.699. The van der Waals surface area contributed by atoms with Gasteiger partial charge in [0.25, 0.3) is 0 Å². The Labute approximate surface area is 104 Å². The summed E-state index contributed by atoms with van der Waals surface area (Å²) in [6.07, 6.45) is 3.47. The minimum atomic E-state index is 0. The van der Waals surface area contributed by atoms with Crippen LogP contribution in [0.2, 0.25) is 0 Å². The van der Waals surface area contributed by atoms with Crippen molar-refractivity contribution in [2.24, 2.45) is 17.6 Å². The van der Waals surface area contributed by atoms with Gasteiger partial charge in [-0.1, -0.05) is 55.8 Å². The van der Waals surface area contributed by atoms with Crippen LogP contribution >= 0.6 is 12.4 Å². The average Bonchev–Trinajstić information content (AvgIpc) is 2.93. The van der Waals surface area contributed by atoms with Gasteiger partial charge in [0.15, 0.2) is 0 Å². The lowest BCUT2D eigenvalue weighted by Gasteiger charge is -2.10. The topological polar surface area (TPSA) is 26.0 Å². The van der Waals surface area contributed by atoms with E-state index in [1.54, 1.807) is 0 Å². The number of benzene rings is 1. The normalized spacial score (nSPS) is 24.1. The lowest BCUT2D eigenvalue weighted by Crippen LogP contribution is -2.06. The van der Waals surface area contributed by atoms with Crippen LogP contribution in [0.5, 0.6) is 0 Å². The molecule has 1 aliphatic carbocycles. The van der Waals surface area contributed by atoms with Crippen LogP contribution in [-0.2, 0) is 0 Å². The summed E-state index contributed by atoms with van der Waals surface area (Å²) < 4.78 is 0. The zero-order chi connectivity index (χ0) is 10.8. The van der Waals surface area contributed by atoms with E-state index in [0.717, 1.165) is 6.42 Å². The Kier molecular flexibility index (Phi) is 4.57. The van der Waals surface area contributed by atoms with E-state index >= 15 is 0 Å². The standard InChI is InChI=1S/C14H19N.ClH/c1-10(2)12(13-9-14(13)15)8-11-6-4-3-5-7-11;/h3-8,10,13-14H,9,15H2,1-2H3;1H/t13-,14+;/m0./s1. The molecule has 0 aliphatic heterocycles. The van der Waals surface area contributed by atoms with Gasteiger partial charge in [-0.3, -0.25) is 0 Å². The molecule has 1 aromatic rings. The summed E-state index contributed by atoms with van der Waals surface area (Å²) in [5.41, 5.74) is 8.72. The summed E-state index contributed by atoms with van der Waals surface area (Å²) in [5.74, 6) is 1.23. The molecule has 1 aromatic carbocycles. The predicted octanol–water partition coefficient (Wildman–Crippen LogP) is 3.50. The highest BCUT2D eigenvalue weighted by Crippen LogP contribution is 2.39. The van der Waals surface area contributed by atoms with E-state index in [-0.39, 0.29) is 12.4 Å². The summed E-state index contributed by atoms with van der Waals surface area (Å²) in [5, 5.41) is 0. The van der Waals surface area contributed by atoms with Crippen molar-refractivity contribution >= 4 is 18.5 Å². The van der Waals surface area contributed by atoms with Crippen LogP contribution in [0.15, 0.2) is 35.9 Å². The molecule has 1 fully saturated rings. The highest BCUT2D eigenvalue weighted by atomic mass is 35.5. The minimum Gasteiger partial charge on any atom is -0.327 e. The Morgan fingerprint density at radius 3 is 2.31 bits per heavy atom. The second-order valence-corrected chi connectivity index (χ2v) is 4.72. The summed E-state index contributed by atoms with van der Waals surface area (Å²) in [7, 11) is 0. The molecule has 2 heteroatoms. The zero-order valence-corrected chi connectivity index (χ0v) is 10.7. The highest BCUT2D eigenvalue weighted by molar-refractivity contribution is 5.85. The molecule has 1 saturated carbocycles. The first kappa shape index (κ1) is 13.3. The molecule has 16 heavy (non-hydrogen) atoms. The molecule has 2 rings (SSSR count). The summed E-state index contributed by atoms with van der Waals surface area (Å²) in [6, 6.07) is 10.9. The maximum Gasteiger partial charge on any atom is 0.0112 e. The molecule has 1 aliphatic rings. The molecule has 0 saturated heterocycles. The van der Waals surface area contributed by atoms with E-state index in [4.69, 9.17) is 5.73 Å². The van der Waals surface area contributed by atoms with Crippen LogP contribution in [0, 0.1) is 11.8 Å². The molecular weight excluding hydrogens is 218 g/mol. The number of nitrogens with two attached hydrogens (primary N) is 1. The molecule has 0 radical (unpaired) electrons. The molecule has 0 aromatic heterocycles. The van der Waals surface area contributed by atoms with Crippen molar-refractivity contribution in [3.05, 3.63) is 41.5 Å². The van der Waals surface area contributed by atoms with Crippen molar-refractivity contribution in [1.29, 1.82) is 0 Å². The third kappa shape index (κ3) is 3.10. The molecule has 1 nitrogen and oxygen atoms in total. The number of hydrogen-bond donors (Lipinski definition) is 1. The monoisotopic (exact) mass is 237 g/mol. The Bertz CT molecular complexity index is 356. The van der Waals surface area contributed by atoms with Crippen LogP contribution in [0.3, 0.4) is 0 Å². The van der Waals surface area contributed by atoms with Gasteiger partial charge < -0.3 is 5.73 Å². The summed E-state index contributed by atoms with van der Waals surface area (Å²) in [6.45, 7) is 4.50. The fraction of sp³-hybridized carbons (Fsp3) is 0.429. The highest BCUT2D eigenvalue weighted by Gasteiger charge is 2.37. The Morgan fingerprint density at radius 1 is 1.31 bits per heavy atom. The van der Waals surface area contributed by atoms with Gasteiger partial charge in [0.05, 0.1) is 0 Å². The van der Waals surface area contributed by atoms with E-state index in [9.17, 15) is 0 Å². The first-order valence-corrected chi connectivity index (χ1v) is 5.70. The SMILES string of the molecule is CC(C)C(=Cc1ccccc1)[C@@H]1C[C@H]1N.Cl. The van der Waals surface area contributed by atoms with Crippen molar-refractivity contribution in [2.45, 2.75) is 26.3 Å². The molecule has 0 spiro atoms. The van der Waals surface area contributed by atoms with Crippen molar-refractivity contribution in [3.8, 4) is 0 Å². The second-order valence-electron chi connectivity index (χ2n) is 4.72. The number of hydrogen-bond acceptors (Lipinski definition) is 1. The van der Waals surface area contributed by atoms with Gasteiger partial charge >= 0.3 is 0 Å². The molecule has 2 N–H and O–H groups in total. The van der Waals surface area contributed by atoms with Gasteiger partial charge in [-0.2, -0.15) is 0 Å². The first-order chi connectivity index (χ1) is 7.18. The van der Waals surface area contributed by atoms with E-state index < -0.39 is 0 Å². The van der Waals surface area contributed by atoms with E-state index in [1.807, 2.05) is 0 Å². The van der Waals surface area contributed by atoms with Crippen molar-refractivity contribution in [2.75, 3.05) is 0 Å². The summed E-state index contributed by atoms with van der Waals surface area (Å²) >= 11 is 0. The van der Waals surface area contributed by atoms with Crippen LogP contribution < -0.4 is 5.73 Å². The van der Waals surface area contributed by atoms with Crippen LogP contribution in [-0.4, -0.2) is 6.04 Å². The van der Waals surface area contributed by atoms with E-state index in [1.165, 1.54) is 11.1 Å². The van der Waals surface area contributed by atoms with E-state index in [2.05, 4.69) is 50.3 Å². The van der Waals surface area contributed by atoms with Crippen LogP contribution in [0.25, 0.3) is 6.08 Å². The van der Waals surface area contributed by atoms with Gasteiger partial charge in [-0.05, 0) is 23.8 Å². The third-order valence-electron chi connectivity index (χ3n) is 3.07. The number of rotatable bonds is 3. The molecule has 88 valence electrons. The molecule has 0 unspecified atom stereocenters. The Balaban J connectivity index is 0.00000128. The molecule has 0 bridgehead atoms. The van der Waals surface area contributed by atoms with Crippen LogP contribution in [0.4, 0.5) is 0 Å². The maximum absolute atomic E-state index is 5.92. The van der Waals surface area contributed by atoms with Gasteiger partial charge in [0.1, 0.15) is 0 Å². The quantitative estimate of drug-likeness (QED) is 0.856. The minimum absolute atomic E-state index is 0. The largest absolute Gasteiger partial charge is 0.327 e. The Morgan fingerprint density at radius 2 is 1.88 bits per heavy atom. The molecule has 0 amide bonds. The van der Waals surface area contributed by atoms with Crippen LogP contribution in [0.1, 0.15) is 25.8 Å². The fourth-order valence-corrected chi connectivity index (χ4v) is 2.04. The molecule has 0 heterocycles. The van der Waals surface area contributed by atoms with Crippen molar-refractivity contribution < 1.29 is 0 Å². The third-order valence-corrected chi connectivity index (χ3v) is 3.07. The van der Waals surface area contributed by atoms with Gasteiger partial charge in [0, 0.05) is 6.04 Å². The second kappa shape index (κ2) is 5.51. The maximum atomic E-state index is 5.92. The van der Waals surface area contributed by atoms with Gasteiger partial charge in [-0.15, -0.1) is 12.4 Å². The predicted molar refractivity (Wildman–Crippen MR) is 72.6 cm³/mol. The zero-order valence-electron chi connectivity index (χ0n) is 9.89. The number of halogens is 1. The van der Waals surface area contributed by atoms with Crippen molar-refractivity contribution in [3.63, 3.8) is 0 Å². The lowest BCUT2D eigenvalue weighted by atomic mass is 9.96. The average molecular weight is 238 g/mol. The summed E-state index contributed by atoms with van der Waals surface area (Å²) in [4.78, 5) is 0. The van der Waals surface area contributed by atoms with E-state index in [0.29, 0.717) is 17.9 Å². The van der Waals surface area contributed by atoms with Gasteiger partial charge in [-0.25, -0.2) is 0 Å². The molecular formula is C14H20ClN. The molecule has 2 atom stereocenters. The van der Waals surface area contributed by atoms with Crippen molar-refractivity contribution in [1.82, 2.24) is 0 Å². The first-order valence-electron chi connectivity index (χ1n) is 5.70. The Hall–Kier alpha value is -0.790. The fourth-order valence-electron chi connectivity index (χ4n) is 2.04. The van der Waals surface area contributed by atoms with Gasteiger partial charge in [0.2, 0.25) is 0 Å². The smallest absolute Gasteiger partial charge is 0.0112 e.